The number of anilines is 1. The molecule has 1 saturated carbocycles. The Kier molecular flexibility index (Phi) is 2.84. The van der Waals surface area contributed by atoms with E-state index in [-0.39, 0.29) is 0 Å². The van der Waals surface area contributed by atoms with Crippen molar-refractivity contribution in [2.75, 3.05) is 5.73 Å². The van der Waals surface area contributed by atoms with Crippen molar-refractivity contribution in [1.29, 1.82) is 0 Å². The SMILES string of the molecule is Nc1ncnc2c1c(Cc1ccccn1)cn2C1CCC1. The van der Waals surface area contributed by atoms with Crippen LogP contribution in [0.2, 0.25) is 0 Å². The smallest absolute Gasteiger partial charge is 0.146 e. The van der Waals surface area contributed by atoms with Crippen molar-refractivity contribution in [2.45, 2.75) is 31.7 Å². The Hall–Kier alpha value is -2.43. The fourth-order valence-electron chi connectivity index (χ4n) is 2.96. The van der Waals surface area contributed by atoms with Crippen LogP contribution in [0.3, 0.4) is 0 Å². The Labute approximate surface area is 122 Å². The van der Waals surface area contributed by atoms with Crippen molar-refractivity contribution in [1.82, 2.24) is 19.5 Å². The van der Waals surface area contributed by atoms with E-state index < -0.39 is 0 Å². The number of rotatable bonds is 3. The molecule has 0 unspecified atom stereocenters. The monoisotopic (exact) mass is 279 g/mol. The molecule has 1 aliphatic carbocycles. The summed E-state index contributed by atoms with van der Waals surface area (Å²) in [6, 6.07) is 6.53. The van der Waals surface area contributed by atoms with E-state index in [1.54, 1.807) is 6.33 Å². The maximum atomic E-state index is 6.10. The van der Waals surface area contributed by atoms with Crippen LogP contribution in [-0.4, -0.2) is 19.5 Å². The summed E-state index contributed by atoms with van der Waals surface area (Å²) in [5.41, 5.74) is 9.25. The highest BCUT2D eigenvalue weighted by Gasteiger charge is 2.24. The minimum absolute atomic E-state index is 0.555. The van der Waals surface area contributed by atoms with Crippen LogP contribution in [0.4, 0.5) is 5.82 Å². The molecule has 3 aromatic rings. The van der Waals surface area contributed by atoms with Crippen LogP contribution in [0, 0.1) is 0 Å². The maximum absolute atomic E-state index is 6.10. The van der Waals surface area contributed by atoms with Gasteiger partial charge in [-0.25, -0.2) is 9.97 Å². The van der Waals surface area contributed by atoms with Crippen molar-refractivity contribution in [2.24, 2.45) is 0 Å². The summed E-state index contributed by atoms with van der Waals surface area (Å²) in [7, 11) is 0. The van der Waals surface area contributed by atoms with E-state index in [9.17, 15) is 0 Å². The first-order chi connectivity index (χ1) is 10.3. The maximum Gasteiger partial charge on any atom is 0.146 e. The number of aromatic nitrogens is 4. The Morgan fingerprint density at radius 2 is 2.10 bits per heavy atom. The van der Waals surface area contributed by atoms with Crippen molar-refractivity contribution in [3.63, 3.8) is 0 Å². The normalized spacial score (nSPS) is 15.2. The zero-order chi connectivity index (χ0) is 14.2. The average Bonchev–Trinajstić information content (AvgIpc) is 2.78. The predicted octanol–water partition coefficient (Wildman–Crippen LogP) is 2.72. The third-order valence-electron chi connectivity index (χ3n) is 4.28. The van der Waals surface area contributed by atoms with E-state index in [4.69, 9.17) is 5.73 Å². The second-order valence-electron chi connectivity index (χ2n) is 5.60. The highest BCUT2D eigenvalue weighted by atomic mass is 15.1. The number of nitrogen functional groups attached to an aromatic ring is 1. The number of hydrogen-bond donors (Lipinski definition) is 1. The van der Waals surface area contributed by atoms with Crippen molar-refractivity contribution < 1.29 is 0 Å². The number of nitrogens with two attached hydrogens (primary N) is 1. The third-order valence-corrected chi connectivity index (χ3v) is 4.28. The van der Waals surface area contributed by atoms with Crippen LogP contribution in [0.25, 0.3) is 11.0 Å². The first kappa shape index (κ1) is 12.3. The first-order valence-corrected chi connectivity index (χ1v) is 7.33. The van der Waals surface area contributed by atoms with Crippen molar-refractivity contribution in [3.8, 4) is 0 Å². The molecule has 3 aromatic heterocycles. The van der Waals surface area contributed by atoms with Gasteiger partial charge in [-0.05, 0) is 37.0 Å². The quantitative estimate of drug-likeness (QED) is 0.800. The van der Waals surface area contributed by atoms with Gasteiger partial charge < -0.3 is 10.3 Å². The lowest BCUT2D eigenvalue weighted by molar-refractivity contribution is 0.320. The van der Waals surface area contributed by atoms with E-state index in [1.165, 1.54) is 19.3 Å². The highest BCUT2D eigenvalue weighted by molar-refractivity contribution is 5.90. The number of nitrogens with zero attached hydrogens (tertiary/aromatic N) is 4. The molecule has 4 rings (SSSR count). The Bertz CT molecular complexity index is 774. The largest absolute Gasteiger partial charge is 0.383 e. The summed E-state index contributed by atoms with van der Waals surface area (Å²) in [6.07, 6.45) is 10.1. The number of hydrogen-bond acceptors (Lipinski definition) is 4. The molecule has 3 heterocycles. The standard InChI is InChI=1S/C16H17N5/c17-15-14-11(8-12-4-1-2-7-18-12)9-21(13-5-3-6-13)16(14)20-10-19-15/h1-2,4,7,9-10,13H,3,5-6,8H2,(H2,17,19,20). The molecule has 1 aliphatic rings. The molecule has 5 heteroatoms. The van der Waals surface area contributed by atoms with Gasteiger partial charge in [0.2, 0.25) is 0 Å². The molecule has 1 fully saturated rings. The Morgan fingerprint density at radius 1 is 1.19 bits per heavy atom. The van der Waals surface area contributed by atoms with E-state index >= 15 is 0 Å². The van der Waals surface area contributed by atoms with Gasteiger partial charge in [-0.2, -0.15) is 0 Å². The molecule has 0 aromatic carbocycles. The molecule has 5 nitrogen and oxygen atoms in total. The molecule has 0 saturated heterocycles. The van der Waals surface area contributed by atoms with Gasteiger partial charge >= 0.3 is 0 Å². The van der Waals surface area contributed by atoms with Crippen LogP contribution in [-0.2, 0) is 6.42 Å². The third kappa shape index (κ3) is 2.05. The van der Waals surface area contributed by atoms with E-state index in [0.717, 1.165) is 28.7 Å². The van der Waals surface area contributed by atoms with E-state index in [0.29, 0.717) is 11.9 Å². The minimum Gasteiger partial charge on any atom is -0.383 e. The van der Waals surface area contributed by atoms with Gasteiger partial charge in [0.1, 0.15) is 17.8 Å². The average molecular weight is 279 g/mol. The molecule has 0 amide bonds. The molecular weight excluding hydrogens is 262 g/mol. The van der Waals surface area contributed by atoms with Gasteiger partial charge in [0, 0.05) is 30.6 Å². The summed E-state index contributed by atoms with van der Waals surface area (Å²) in [4.78, 5) is 13.0. The van der Waals surface area contributed by atoms with Gasteiger partial charge in [-0.1, -0.05) is 6.07 Å². The summed E-state index contributed by atoms with van der Waals surface area (Å²) >= 11 is 0. The van der Waals surface area contributed by atoms with Crippen LogP contribution in [0.5, 0.6) is 0 Å². The summed E-state index contributed by atoms with van der Waals surface area (Å²) in [5.74, 6) is 0.559. The zero-order valence-electron chi connectivity index (χ0n) is 11.7. The van der Waals surface area contributed by atoms with Gasteiger partial charge in [0.25, 0.3) is 0 Å². The molecular formula is C16H17N5. The summed E-state index contributed by atoms with van der Waals surface area (Å²) in [5, 5.41) is 0.982. The molecule has 2 N–H and O–H groups in total. The predicted molar refractivity (Wildman–Crippen MR) is 81.9 cm³/mol. The molecule has 0 spiro atoms. The lowest BCUT2D eigenvalue weighted by atomic mass is 9.93. The van der Waals surface area contributed by atoms with Crippen molar-refractivity contribution >= 4 is 16.9 Å². The second-order valence-corrected chi connectivity index (χ2v) is 5.60. The molecule has 0 bridgehead atoms. The van der Waals surface area contributed by atoms with E-state index in [1.807, 2.05) is 24.4 Å². The first-order valence-electron chi connectivity index (χ1n) is 7.33. The lowest BCUT2D eigenvalue weighted by Gasteiger charge is -2.27. The molecule has 0 aliphatic heterocycles. The van der Waals surface area contributed by atoms with Crippen LogP contribution in [0.1, 0.15) is 36.6 Å². The summed E-state index contributed by atoms with van der Waals surface area (Å²) < 4.78 is 2.27. The van der Waals surface area contributed by atoms with Gasteiger partial charge in [0.15, 0.2) is 0 Å². The van der Waals surface area contributed by atoms with E-state index in [2.05, 4.69) is 25.7 Å². The molecule has 0 radical (unpaired) electrons. The zero-order valence-corrected chi connectivity index (χ0v) is 11.7. The van der Waals surface area contributed by atoms with Crippen LogP contribution < -0.4 is 5.73 Å². The van der Waals surface area contributed by atoms with Crippen LogP contribution in [0.15, 0.2) is 36.9 Å². The number of pyridine rings is 1. The van der Waals surface area contributed by atoms with Gasteiger partial charge in [-0.15, -0.1) is 0 Å². The Balaban J connectivity index is 1.84. The second kappa shape index (κ2) is 4.84. The fraction of sp³-hybridized carbons (Fsp3) is 0.312. The van der Waals surface area contributed by atoms with Gasteiger partial charge in [-0.3, -0.25) is 4.98 Å². The highest BCUT2D eigenvalue weighted by Crippen LogP contribution is 2.36. The molecule has 0 atom stereocenters. The fourth-order valence-corrected chi connectivity index (χ4v) is 2.96. The summed E-state index contributed by atoms with van der Waals surface area (Å²) in [6.45, 7) is 0. The Morgan fingerprint density at radius 3 is 2.81 bits per heavy atom. The number of fused-ring (bicyclic) bond motifs is 1. The van der Waals surface area contributed by atoms with Crippen molar-refractivity contribution in [3.05, 3.63) is 48.2 Å². The van der Waals surface area contributed by atoms with Gasteiger partial charge in [0.05, 0.1) is 5.39 Å². The van der Waals surface area contributed by atoms with Crippen LogP contribution >= 0.6 is 0 Å². The molecule has 106 valence electrons. The lowest BCUT2D eigenvalue weighted by Crippen LogP contribution is -2.16. The minimum atomic E-state index is 0.555. The topological polar surface area (TPSA) is 69.6 Å². The molecule has 21 heavy (non-hydrogen) atoms.